The molecule has 4 aliphatic heterocycles. The molecule has 6 heterocycles. The van der Waals surface area contributed by atoms with Crippen LogP contribution in [-0.2, 0) is 52.8 Å². The Morgan fingerprint density at radius 3 is 2.59 bits per heavy atom. The van der Waals surface area contributed by atoms with Crippen LogP contribution in [0.5, 0.6) is 0 Å². The van der Waals surface area contributed by atoms with E-state index in [4.69, 9.17) is 19.5 Å². The molecular formula is C54H73N9O7S. The van der Waals surface area contributed by atoms with E-state index in [-0.39, 0.29) is 37.5 Å². The van der Waals surface area contributed by atoms with E-state index < -0.39 is 46.3 Å². The van der Waals surface area contributed by atoms with E-state index >= 15 is 0 Å². The zero-order valence-electron chi connectivity index (χ0n) is 43.4. The van der Waals surface area contributed by atoms with E-state index in [0.717, 1.165) is 70.5 Å². The van der Waals surface area contributed by atoms with Crippen molar-refractivity contribution in [2.75, 3.05) is 60.1 Å². The number of methoxy groups -OCH3 is 1. The third-order valence-corrected chi connectivity index (χ3v) is 15.6. The molecule has 3 aromatic rings. The molecule has 0 unspecified atom stereocenters. The third-order valence-electron chi connectivity index (χ3n) is 14.7. The molecule has 1 aromatic carbocycles. The van der Waals surface area contributed by atoms with Crippen LogP contribution >= 0.6 is 11.3 Å². The van der Waals surface area contributed by atoms with Gasteiger partial charge >= 0.3 is 0 Å². The Hall–Kier alpha value is -5.51. The predicted octanol–water partition coefficient (Wildman–Crippen LogP) is 5.68. The van der Waals surface area contributed by atoms with Crippen LogP contribution in [0.1, 0.15) is 97.3 Å². The largest absolute Gasteiger partial charge is 0.378 e. The fraction of sp³-hybridized carbons (Fsp3) is 0.574. The summed E-state index contributed by atoms with van der Waals surface area (Å²) >= 11 is 1.39. The van der Waals surface area contributed by atoms with Crippen LogP contribution in [0, 0.1) is 23.2 Å². The van der Waals surface area contributed by atoms with Crippen LogP contribution in [0.15, 0.2) is 46.9 Å². The number of fused-ring (bicyclic) bond motifs is 6. The Labute approximate surface area is 423 Å². The lowest BCUT2D eigenvalue weighted by molar-refractivity contribution is -0.148. The molecule has 3 saturated heterocycles. The van der Waals surface area contributed by atoms with E-state index in [1.54, 1.807) is 32.2 Å². The van der Waals surface area contributed by atoms with Crippen molar-refractivity contribution in [3.05, 3.63) is 58.2 Å². The number of amides is 4. The summed E-state index contributed by atoms with van der Waals surface area (Å²) in [6.45, 7) is 24.0. The maximum absolute atomic E-state index is 14.7. The molecule has 71 heavy (non-hydrogen) atoms. The van der Waals surface area contributed by atoms with Crippen LogP contribution in [0.2, 0.25) is 0 Å². The second-order valence-corrected chi connectivity index (χ2v) is 21.7. The lowest BCUT2D eigenvalue weighted by Crippen LogP contribution is -2.66. The number of aliphatic imine (C=N–C) groups is 1. The summed E-state index contributed by atoms with van der Waals surface area (Å²) in [6.07, 6.45) is 7.32. The summed E-state index contributed by atoms with van der Waals surface area (Å²) in [6, 6.07) is 4.29. The molecule has 7 rings (SSSR count). The Balaban J connectivity index is 1.19. The normalized spacial score (nSPS) is 23.2. The van der Waals surface area contributed by atoms with Gasteiger partial charge in [-0.2, -0.15) is 0 Å². The molecular weight excluding hydrogens is 919 g/mol. The Bertz CT molecular complexity index is 2650. The number of aromatic nitrogens is 2. The second-order valence-electron chi connectivity index (χ2n) is 20.8. The van der Waals surface area contributed by atoms with Gasteiger partial charge in [0.1, 0.15) is 23.9 Å². The Morgan fingerprint density at radius 2 is 1.93 bits per heavy atom. The van der Waals surface area contributed by atoms with Crippen molar-refractivity contribution < 1.29 is 33.4 Å². The zero-order valence-corrected chi connectivity index (χ0v) is 44.2. The van der Waals surface area contributed by atoms with Crippen molar-refractivity contribution in [2.45, 2.75) is 130 Å². The highest BCUT2D eigenvalue weighted by Crippen LogP contribution is 2.40. The molecule has 382 valence electrons. The lowest BCUT2D eigenvalue weighted by Gasteiger charge is -2.42. The number of carbonyl (C=O) groups excluding carboxylic acids is 5. The minimum absolute atomic E-state index is 0.0140. The number of thiazole rings is 1. The minimum atomic E-state index is -1.20. The first-order valence-corrected chi connectivity index (χ1v) is 25.9. The molecule has 6 bridgehead atoms. The van der Waals surface area contributed by atoms with Gasteiger partial charge in [0.2, 0.25) is 11.8 Å². The number of hydrogen-bond donors (Lipinski definition) is 2. The van der Waals surface area contributed by atoms with Gasteiger partial charge in [0.05, 0.1) is 52.9 Å². The number of nitrogens with one attached hydrogen (secondary N) is 2. The number of allylic oxidation sites excluding steroid dienone is 2. The van der Waals surface area contributed by atoms with E-state index in [1.807, 2.05) is 39.2 Å². The van der Waals surface area contributed by atoms with Gasteiger partial charge in [-0.3, -0.25) is 34.1 Å². The smallest absolute Gasteiger partial charge is 0.298 e. The highest BCUT2D eigenvalue weighted by molar-refractivity contribution is 7.10. The number of carbonyl (C=O) groups is 5. The van der Waals surface area contributed by atoms with Crippen molar-refractivity contribution in [3.63, 3.8) is 0 Å². The van der Waals surface area contributed by atoms with Crippen LogP contribution in [-0.4, -0.2) is 155 Å². The Kier molecular flexibility index (Phi) is 16.6. The first-order valence-electron chi connectivity index (χ1n) is 25.1. The predicted molar refractivity (Wildman–Crippen MR) is 278 cm³/mol. The molecule has 4 aliphatic rings. The van der Waals surface area contributed by atoms with Gasteiger partial charge in [-0.05, 0) is 103 Å². The maximum Gasteiger partial charge on any atom is 0.298 e. The average Bonchev–Trinajstić information content (AvgIpc) is 4.09. The van der Waals surface area contributed by atoms with E-state index in [9.17, 15) is 24.0 Å². The summed E-state index contributed by atoms with van der Waals surface area (Å²) in [7, 11) is 3.25. The molecule has 2 aromatic heterocycles. The summed E-state index contributed by atoms with van der Waals surface area (Å²) in [5.74, 6) is 3.88. The maximum atomic E-state index is 14.7. The zero-order chi connectivity index (χ0) is 51.4. The van der Waals surface area contributed by atoms with Crippen molar-refractivity contribution in [1.82, 2.24) is 40.0 Å². The number of benzene rings is 1. The van der Waals surface area contributed by atoms with Gasteiger partial charge in [-0.1, -0.05) is 38.5 Å². The summed E-state index contributed by atoms with van der Waals surface area (Å²) in [4.78, 5) is 84.2. The molecule has 2 N–H and O–H groups in total. The van der Waals surface area contributed by atoms with Gasteiger partial charge in [0, 0.05) is 93.5 Å². The highest BCUT2D eigenvalue weighted by atomic mass is 32.1. The molecule has 16 nitrogen and oxygen atoms in total. The summed E-state index contributed by atoms with van der Waals surface area (Å²) in [5, 5.41) is 8.03. The van der Waals surface area contributed by atoms with Crippen LogP contribution < -0.4 is 10.7 Å². The number of likely N-dealkylation sites (N-methyl/N-ethyl adjacent to an activating group) is 1. The number of aldehydes is 1. The second kappa shape index (κ2) is 22.1. The number of aryl methyl sites for hydroxylation is 1. The van der Waals surface area contributed by atoms with Crippen LogP contribution in [0.4, 0.5) is 0 Å². The number of hydrazine groups is 1. The number of ether oxygens (including phenoxy) is 2. The van der Waals surface area contributed by atoms with Gasteiger partial charge in [0.15, 0.2) is 0 Å². The van der Waals surface area contributed by atoms with Crippen molar-refractivity contribution in [1.29, 1.82) is 0 Å². The molecule has 0 aliphatic carbocycles. The SMILES string of the molecule is C=C/C(=C(\N=CC)[C@H](C)OC)c1c2c3cc(ccc3n1CC)-c1csc(n1)C[C@H](NC(=O)[C@H](C)N(C)C(=O)[C@H]1CCN(C(=O)C#CC(C)(C)N3CCC3)C1)C(=O)N1CCC[C@](C=O)(COCC(C)(C)C2)N1. The first kappa shape index (κ1) is 53.3. The third kappa shape index (κ3) is 11.4. The number of nitrogens with zero attached hydrogens (tertiary/aromatic N) is 7. The molecule has 0 spiro atoms. The summed E-state index contributed by atoms with van der Waals surface area (Å²) < 4.78 is 14.6. The van der Waals surface area contributed by atoms with Gasteiger partial charge in [-0.25, -0.2) is 10.4 Å². The van der Waals surface area contributed by atoms with E-state index in [1.165, 1.54) is 21.2 Å². The fourth-order valence-electron chi connectivity index (χ4n) is 10.2. The van der Waals surface area contributed by atoms with Crippen molar-refractivity contribution >= 4 is 63.9 Å². The van der Waals surface area contributed by atoms with Gasteiger partial charge in [-0.15, -0.1) is 11.3 Å². The fourth-order valence-corrected chi connectivity index (χ4v) is 11.0. The number of hydrogen-bond acceptors (Lipinski definition) is 12. The highest BCUT2D eigenvalue weighted by Gasteiger charge is 2.42. The average molecular weight is 992 g/mol. The molecule has 4 amide bonds. The first-order chi connectivity index (χ1) is 33.8. The molecule has 3 fully saturated rings. The molecule has 5 atom stereocenters. The number of likely N-dealkylation sites (tertiary alicyclic amines) is 2. The van der Waals surface area contributed by atoms with E-state index in [0.29, 0.717) is 56.9 Å². The molecule has 0 radical (unpaired) electrons. The molecule has 17 heteroatoms. The lowest BCUT2D eigenvalue weighted by atomic mass is 9.84. The van der Waals surface area contributed by atoms with E-state index in [2.05, 4.69) is 77.6 Å². The minimum Gasteiger partial charge on any atom is -0.378 e. The topological polar surface area (TPSA) is 171 Å². The monoisotopic (exact) mass is 992 g/mol. The number of rotatable bonds is 12. The standard InChI is InChI=1S/C54H73N9O7S/c1-12-39(47(55-13-2)36(5)69-11)48-41-29-52(6,7)33-70-34-54(32-64)21-15-25-63(58-54)51(68)42(28-45-56-43(31-71-45)37-17-18-44(40(41)27-37)62(48)14-3)57-49(66)35(4)59(10)50(67)38-20-26-60(30-38)46(65)19-22-53(8,9)61-23-16-24-61/h12-13,17-18,27,31-32,35-36,38,42,58H,1,14-16,20-21,23-26,28-30,33-34H2,2-11H3,(H,57,66)/b47-39+,55-13?/t35-,36-,38-,42-,54-/m0/s1. The van der Waals surface area contributed by atoms with Gasteiger partial charge < -0.3 is 34.0 Å². The Morgan fingerprint density at radius 1 is 1.17 bits per heavy atom. The van der Waals surface area contributed by atoms with Crippen molar-refractivity contribution in [3.8, 4) is 23.1 Å². The van der Waals surface area contributed by atoms with Crippen LogP contribution in [0.3, 0.4) is 0 Å². The van der Waals surface area contributed by atoms with Gasteiger partial charge in [0.25, 0.3) is 11.8 Å². The quantitative estimate of drug-likeness (QED) is 0.0997. The molecule has 0 saturated carbocycles. The summed E-state index contributed by atoms with van der Waals surface area (Å²) in [5.41, 5.74) is 7.55. The van der Waals surface area contributed by atoms with Crippen molar-refractivity contribution in [2.24, 2.45) is 16.3 Å². The van der Waals surface area contributed by atoms with Crippen LogP contribution in [0.25, 0.3) is 27.7 Å².